The van der Waals surface area contributed by atoms with Crippen molar-refractivity contribution < 1.29 is 9.53 Å². The summed E-state index contributed by atoms with van der Waals surface area (Å²) in [5.41, 5.74) is 1.16. The number of rotatable bonds is 3. The van der Waals surface area contributed by atoms with E-state index in [1.807, 2.05) is 19.9 Å². The third-order valence-corrected chi connectivity index (χ3v) is 4.45. The number of halogens is 1. The first kappa shape index (κ1) is 15.1. The molecule has 1 aliphatic heterocycles. The Balaban J connectivity index is 1.88. The van der Waals surface area contributed by atoms with Gasteiger partial charge in [0, 0.05) is 25.3 Å². The summed E-state index contributed by atoms with van der Waals surface area (Å²) in [6.45, 7) is 5.74. The molecule has 0 radical (unpaired) electrons. The van der Waals surface area contributed by atoms with E-state index in [1.165, 1.54) is 0 Å². The molecule has 6 heteroatoms. The molecule has 0 unspecified atom stereocenters. The molecule has 0 aromatic carbocycles. The van der Waals surface area contributed by atoms with E-state index in [0.717, 1.165) is 41.8 Å². The molecule has 0 saturated carbocycles. The number of ether oxygens (including phenoxy) is 1. The van der Waals surface area contributed by atoms with Gasteiger partial charge in [-0.15, -0.1) is 0 Å². The minimum absolute atomic E-state index is 0.208. The molecule has 1 saturated heterocycles. The van der Waals surface area contributed by atoms with Gasteiger partial charge in [-0.3, -0.25) is 0 Å². The van der Waals surface area contributed by atoms with E-state index < -0.39 is 0 Å². The normalized spacial score (nSPS) is 16.1. The summed E-state index contributed by atoms with van der Waals surface area (Å²) in [6, 6.07) is 2.31. The molecule has 1 aromatic rings. The van der Waals surface area contributed by atoms with Crippen LogP contribution in [0.15, 0.2) is 16.7 Å². The Morgan fingerprint density at radius 2 is 2.25 bits per heavy atom. The van der Waals surface area contributed by atoms with Crippen molar-refractivity contribution in [1.29, 1.82) is 0 Å². The van der Waals surface area contributed by atoms with Crippen molar-refractivity contribution in [2.45, 2.75) is 32.7 Å². The number of piperidine rings is 1. The minimum Gasteiger partial charge on any atom is -0.450 e. The first-order chi connectivity index (χ1) is 9.61. The van der Waals surface area contributed by atoms with Crippen LogP contribution in [0.1, 0.15) is 25.3 Å². The first-order valence-corrected chi connectivity index (χ1v) is 7.70. The molecule has 0 aliphatic carbocycles. The molecule has 1 fully saturated rings. The number of carbonyl (C=O) groups is 1. The van der Waals surface area contributed by atoms with Crippen LogP contribution >= 0.6 is 15.9 Å². The topological polar surface area (TPSA) is 54.5 Å². The maximum Gasteiger partial charge on any atom is 0.409 e. The van der Waals surface area contributed by atoms with E-state index in [1.54, 1.807) is 11.1 Å². The van der Waals surface area contributed by atoms with E-state index in [9.17, 15) is 4.79 Å². The second-order valence-corrected chi connectivity index (χ2v) is 5.69. The lowest BCUT2D eigenvalue weighted by Gasteiger charge is -2.32. The lowest BCUT2D eigenvalue weighted by atomic mass is 10.1. The van der Waals surface area contributed by atoms with Gasteiger partial charge in [0.2, 0.25) is 0 Å². The molecule has 0 atom stereocenters. The quantitative estimate of drug-likeness (QED) is 0.917. The van der Waals surface area contributed by atoms with Gasteiger partial charge in [-0.25, -0.2) is 9.78 Å². The highest BCUT2D eigenvalue weighted by Crippen LogP contribution is 2.25. The summed E-state index contributed by atoms with van der Waals surface area (Å²) in [4.78, 5) is 17.7. The van der Waals surface area contributed by atoms with Gasteiger partial charge >= 0.3 is 6.09 Å². The number of nitrogens with one attached hydrogen (secondary N) is 1. The molecule has 1 aromatic heterocycles. The molecule has 2 rings (SSSR count). The Morgan fingerprint density at radius 3 is 2.90 bits per heavy atom. The van der Waals surface area contributed by atoms with E-state index >= 15 is 0 Å². The summed E-state index contributed by atoms with van der Waals surface area (Å²) in [7, 11) is 0. The second kappa shape index (κ2) is 6.92. The van der Waals surface area contributed by atoms with Crippen molar-refractivity contribution in [3.63, 3.8) is 0 Å². The third-order valence-electron chi connectivity index (χ3n) is 3.44. The van der Waals surface area contributed by atoms with Crippen molar-refractivity contribution in [2.24, 2.45) is 0 Å². The molecule has 1 aliphatic rings. The standard InChI is InChI=1S/C14H20BrN3O2/c1-3-20-14(19)18-8-5-11(6-9-18)17-13-12(15)10(2)4-7-16-13/h4,7,11H,3,5-6,8-9H2,1-2H3,(H,16,17). The van der Waals surface area contributed by atoms with Gasteiger partial charge in [0.05, 0.1) is 11.1 Å². The molecular weight excluding hydrogens is 322 g/mol. The SMILES string of the molecule is CCOC(=O)N1CCC(Nc2nccc(C)c2Br)CC1. The van der Waals surface area contributed by atoms with Crippen molar-refractivity contribution in [3.8, 4) is 0 Å². The van der Waals surface area contributed by atoms with Gasteiger partial charge in [-0.1, -0.05) is 0 Å². The smallest absolute Gasteiger partial charge is 0.409 e. The number of hydrogen-bond acceptors (Lipinski definition) is 4. The van der Waals surface area contributed by atoms with Crippen LogP contribution in [0.3, 0.4) is 0 Å². The van der Waals surface area contributed by atoms with Crippen LogP contribution in [0.25, 0.3) is 0 Å². The van der Waals surface area contributed by atoms with Gasteiger partial charge in [-0.2, -0.15) is 0 Å². The Labute approximate surface area is 127 Å². The minimum atomic E-state index is -0.208. The first-order valence-electron chi connectivity index (χ1n) is 6.91. The average molecular weight is 342 g/mol. The summed E-state index contributed by atoms with van der Waals surface area (Å²) in [5.74, 6) is 0.875. The maximum atomic E-state index is 11.6. The molecular formula is C14H20BrN3O2. The lowest BCUT2D eigenvalue weighted by Crippen LogP contribution is -2.42. The number of aryl methyl sites for hydroxylation is 1. The van der Waals surface area contributed by atoms with E-state index in [2.05, 4.69) is 26.2 Å². The number of nitrogens with zero attached hydrogens (tertiary/aromatic N) is 2. The average Bonchev–Trinajstić information content (AvgIpc) is 2.45. The number of carbonyl (C=O) groups excluding carboxylic acids is 1. The zero-order chi connectivity index (χ0) is 14.5. The number of pyridine rings is 1. The van der Waals surface area contributed by atoms with Crippen LogP contribution in [0.5, 0.6) is 0 Å². The lowest BCUT2D eigenvalue weighted by molar-refractivity contribution is 0.0983. The summed E-state index contributed by atoms with van der Waals surface area (Å²) in [6.07, 6.45) is 3.40. The predicted octanol–water partition coefficient (Wildman–Crippen LogP) is 3.19. The van der Waals surface area contributed by atoms with Crippen LogP contribution in [0.2, 0.25) is 0 Å². The Morgan fingerprint density at radius 1 is 1.55 bits per heavy atom. The molecule has 0 spiro atoms. The van der Waals surface area contributed by atoms with E-state index in [-0.39, 0.29) is 6.09 Å². The molecule has 1 amide bonds. The zero-order valence-corrected chi connectivity index (χ0v) is 13.4. The Hall–Kier alpha value is -1.30. The van der Waals surface area contributed by atoms with Crippen molar-refractivity contribution in [2.75, 3.05) is 25.0 Å². The second-order valence-electron chi connectivity index (χ2n) is 4.90. The molecule has 5 nitrogen and oxygen atoms in total. The number of hydrogen-bond donors (Lipinski definition) is 1. The van der Waals surface area contributed by atoms with Gasteiger partial charge in [0.1, 0.15) is 5.82 Å². The zero-order valence-electron chi connectivity index (χ0n) is 11.9. The third kappa shape index (κ3) is 3.62. The Bertz CT molecular complexity index is 473. The molecule has 2 heterocycles. The van der Waals surface area contributed by atoms with Crippen LogP contribution in [0, 0.1) is 6.92 Å². The number of aromatic nitrogens is 1. The maximum absolute atomic E-state index is 11.6. The van der Waals surface area contributed by atoms with Crippen LogP contribution in [-0.2, 0) is 4.74 Å². The summed E-state index contributed by atoms with van der Waals surface area (Å²) < 4.78 is 6.02. The van der Waals surface area contributed by atoms with Crippen molar-refractivity contribution >= 4 is 27.8 Å². The molecule has 110 valence electrons. The highest BCUT2D eigenvalue weighted by molar-refractivity contribution is 9.10. The highest BCUT2D eigenvalue weighted by atomic mass is 79.9. The fourth-order valence-electron chi connectivity index (χ4n) is 2.26. The summed E-state index contributed by atoms with van der Waals surface area (Å²) >= 11 is 3.55. The van der Waals surface area contributed by atoms with E-state index in [4.69, 9.17) is 4.74 Å². The summed E-state index contributed by atoms with van der Waals surface area (Å²) in [5, 5.41) is 3.44. The van der Waals surface area contributed by atoms with Crippen LogP contribution in [0.4, 0.5) is 10.6 Å². The predicted molar refractivity (Wildman–Crippen MR) is 81.9 cm³/mol. The number of likely N-dealkylation sites (tertiary alicyclic amines) is 1. The van der Waals surface area contributed by atoms with Gasteiger partial charge < -0.3 is 15.0 Å². The number of amides is 1. The largest absolute Gasteiger partial charge is 0.450 e. The van der Waals surface area contributed by atoms with Gasteiger partial charge in [0.25, 0.3) is 0 Å². The Kier molecular flexibility index (Phi) is 5.23. The molecule has 20 heavy (non-hydrogen) atoms. The van der Waals surface area contributed by atoms with Crippen molar-refractivity contribution in [1.82, 2.24) is 9.88 Å². The van der Waals surface area contributed by atoms with Gasteiger partial charge in [-0.05, 0) is 54.2 Å². The molecule has 1 N–H and O–H groups in total. The number of anilines is 1. The van der Waals surface area contributed by atoms with Crippen LogP contribution in [-0.4, -0.2) is 41.7 Å². The fourth-order valence-corrected chi connectivity index (χ4v) is 2.60. The van der Waals surface area contributed by atoms with Crippen LogP contribution < -0.4 is 5.32 Å². The molecule has 0 bridgehead atoms. The van der Waals surface area contributed by atoms with Crippen molar-refractivity contribution in [3.05, 3.63) is 22.3 Å². The highest BCUT2D eigenvalue weighted by Gasteiger charge is 2.24. The van der Waals surface area contributed by atoms with E-state index in [0.29, 0.717) is 12.6 Å². The van der Waals surface area contributed by atoms with Gasteiger partial charge in [0.15, 0.2) is 0 Å². The monoisotopic (exact) mass is 341 g/mol. The fraction of sp³-hybridized carbons (Fsp3) is 0.571.